The molecule has 14 atom stereocenters. The first-order chi connectivity index (χ1) is 19.5. The van der Waals surface area contributed by atoms with Crippen LogP contribution in [0.1, 0.15) is 106 Å². The van der Waals surface area contributed by atoms with Crippen LogP contribution >= 0.6 is 0 Å². The van der Waals surface area contributed by atoms with Crippen LogP contribution in [0.15, 0.2) is 11.6 Å². The number of ether oxygens (including phenoxy) is 2. The van der Waals surface area contributed by atoms with E-state index in [4.69, 9.17) is 9.47 Å². The SMILES string of the molecule is CC1(C)CC(O)C2(C)CCC3(C)C(=CCC4C5(C)CCC(OC6OCC(O)C(O)C6O)C(C)(CO)C5CCC43C)C2C1. The Bertz CT molecular complexity index is 1090. The molecule has 14 unspecified atom stereocenters. The lowest BCUT2D eigenvalue weighted by Gasteiger charge is -2.72. The zero-order valence-electron chi connectivity index (χ0n) is 27.1. The van der Waals surface area contributed by atoms with Crippen LogP contribution in [0, 0.1) is 50.2 Å². The molecule has 42 heavy (non-hydrogen) atoms. The van der Waals surface area contributed by atoms with Gasteiger partial charge in [0.1, 0.15) is 18.3 Å². The number of allylic oxidation sites excluding steroid dienone is 2. The Kier molecular flexibility index (Phi) is 7.47. The molecule has 6 rings (SSSR count). The molecule has 0 aromatic carbocycles. The number of aliphatic hydroxyl groups excluding tert-OH is 5. The summed E-state index contributed by atoms with van der Waals surface area (Å²) in [5.41, 5.74) is 1.41. The summed E-state index contributed by atoms with van der Waals surface area (Å²) in [5.74, 6) is 1.13. The predicted molar refractivity (Wildman–Crippen MR) is 160 cm³/mol. The second-order valence-electron chi connectivity index (χ2n) is 17.5. The first-order valence-electron chi connectivity index (χ1n) is 16.8. The second-order valence-corrected chi connectivity index (χ2v) is 17.5. The number of hydrogen-bond acceptors (Lipinski definition) is 7. The largest absolute Gasteiger partial charge is 0.396 e. The highest BCUT2D eigenvalue weighted by atomic mass is 16.7. The first-order valence-corrected chi connectivity index (χ1v) is 16.8. The monoisotopic (exact) mass is 590 g/mol. The molecule has 0 bridgehead atoms. The molecule has 7 heteroatoms. The molecule has 1 aliphatic heterocycles. The third-order valence-electron chi connectivity index (χ3n) is 15.0. The fraction of sp³-hybridized carbons (Fsp3) is 0.943. The molecular weight excluding hydrogens is 532 g/mol. The van der Waals surface area contributed by atoms with Crippen molar-refractivity contribution >= 4 is 0 Å². The number of fused-ring (bicyclic) bond motifs is 7. The van der Waals surface area contributed by atoms with Gasteiger partial charge in [0.05, 0.1) is 25.4 Å². The molecule has 4 saturated carbocycles. The van der Waals surface area contributed by atoms with Crippen molar-refractivity contribution < 1.29 is 35.0 Å². The van der Waals surface area contributed by atoms with Gasteiger partial charge < -0.3 is 35.0 Å². The molecule has 0 aromatic heterocycles. The summed E-state index contributed by atoms with van der Waals surface area (Å²) < 4.78 is 12.0. The van der Waals surface area contributed by atoms with Gasteiger partial charge in [-0.3, -0.25) is 0 Å². The minimum Gasteiger partial charge on any atom is -0.396 e. The zero-order valence-corrected chi connectivity index (χ0v) is 27.1. The lowest BCUT2D eigenvalue weighted by Crippen LogP contribution is -2.66. The lowest BCUT2D eigenvalue weighted by atomic mass is 9.33. The van der Waals surface area contributed by atoms with E-state index in [1.807, 2.05) is 0 Å². The van der Waals surface area contributed by atoms with Crippen molar-refractivity contribution in [1.82, 2.24) is 0 Å². The highest BCUT2D eigenvalue weighted by Gasteiger charge is 2.69. The van der Waals surface area contributed by atoms with Gasteiger partial charge in [-0.15, -0.1) is 0 Å². The zero-order chi connectivity index (χ0) is 30.7. The van der Waals surface area contributed by atoms with Crippen molar-refractivity contribution in [2.45, 2.75) is 143 Å². The van der Waals surface area contributed by atoms with Crippen LogP contribution in [0.25, 0.3) is 0 Å². The fourth-order valence-electron chi connectivity index (χ4n) is 12.0. The summed E-state index contributed by atoms with van der Waals surface area (Å²) in [5, 5.41) is 53.2. The molecule has 0 radical (unpaired) electrons. The predicted octanol–water partition coefficient (Wildman–Crippen LogP) is 4.58. The third kappa shape index (κ3) is 4.16. The van der Waals surface area contributed by atoms with E-state index in [1.165, 1.54) is 0 Å². The van der Waals surface area contributed by atoms with E-state index in [2.05, 4.69) is 54.5 Å². The Morgan fingerprint density at radius 2 is 1.55 bits per heavy atom. The topological polar surface area (TPSA) is 120 Å². The normalized spacial score (nSPS) is 57.2. The van der Waals surface area contributed by atoms with Crippen LogP contribution in [-0.2, 0) is 9.47 Å². The molecule has 0 spiro atoms. The Hall–Kier alpha value is -0.540. The van der Waals surface area contributed by atoms with Gasteiger partial charge in [0, 0.05) is 10.8 Å². The van der Waals surface area contributed by atoms with E-state index in [0.29, 0.717) is 11.8 Å². The van der Waals surface area contributed by atoms with Crippen molar-refractivity contribution in [2.24, 2.45) is 50.2 Å². The Balaban J connectivity index is 1.31. The van der Waals surface area contributed by atoms with Crippen molar-refractivity contribution in [1.29, 1.82) is 0 Å². The summed E-state index contributed by atoms with van der Waals surface area (Å²) in [4.78, 5) is 0. The van der Waals surface area contributed by atoms with Crippen molar-refractivity contribution in [3.05, 3.63) is 11.6 Å². The first kappa shape index (κ1) is 31.4. The Labute approximate surface area is 253 Å². The maximum atomic E-state index is 11.4. The standard InChI is InChI=1S/C35H58O7/c1-30(2)16-21-20-8-9-24-32(4)12-11-26(42-29-28(40)27(39)22(37)18-41-29)33(5,19-36)23(32)10-13-35(24,7)34(20,6)15-14-31(21,3)25(38)17-30/h8,21-29,36-40H,9-19H2,1-7H3. The minimum atomic E-state index is -1.33. The Morgan fingerprint density at radius 1 is 0.833 bits per heavy atom. The van der Waals surface area contributed by atoms with E-state index in [9.17, 15) is 25.5 Å². The van der Waals surface area contributed by atoms with Crippen molar-refractivity contribution in [3.8, 4) is 0 Å². The van der Waals surface area contributed by atoms with Gasteiger partial charge in [-0.2, -0.15) is 0 Å². The van der Waals surface area contributed by atoms with Crippen LogP contribution < -0.4 is 0 Å². The van der Waals surface area contributed by atoms with Gasteiger partial charge >= 0.3 is 0 Å². The van der Waals surface area contributed by atoms with Gasteiger partial charge in [-0.05, 0) is 97.2 Å². The van der Waals surface area contributed by atoms with E-state index >= 15 is 0 Å². The number of aliphatic hydroxyl groups is 5. The smallest absolute Gasteiger partial charge is 0.186 e. The van der Waals surface area contributed by atoms with Gasteiger partial charge in [0.25, 0.3) is 0 Å². The lowest BCUT2D eigenvalue weighted by molar-refractivity contribution is -0.312. The van der Waals surface area contributed by atoms with E-state index in [1.54, 1.807) is 5.57 Å². The van der Waals surface area contributed by atoms with Crippen LogP contribution in [0.4, 0.5) is 0 Å². The summed E-state index contributed by atoms with van der Waals surface area (Å²) in [6.45, 7) is 16.6. The van der Waals surface area contributed by atoms with Crippen LogP contribution in [0.5, 0.6) is 0 Å². The average Bonchev–Trinajstić information content (AvgIpc) is 2.92. The van der Waals surface area contributed by atoms with Crippen LogP contribution in [-0.4, -0.2) is 75.6 Å². The summed E-state index contributed by atoms with van der Waals surface area (Å²) in [6.07, 6.45) is 6.29. The molecule has 1 heterocycles. The third-order valence-corrected chi connectivity index (χ3v) is 15.0. The summed E-state index contributed by atoms with van der Waals surface area (Å²) >= 11 is 0. The van der Waals surface area contributed by atoms with Crippen molar-refractivity contribution in [2.75, 3.05) is 13.2 Å². The van der Waals surface area contributed by atoms with Gasteiger partial charge in [0.15, 0.2) is 6.29 Å². The number of rotatable bonds is 3. The van der Waals surface area contributed by atoms with Gasteiger partial charge in [0.2, 0.25) is 0 Å². The summed E-state index contributed by atoms with van der Waals surface area (Å²) in [6, 6.07) is 0. The van der Waals surface area contributed by atoms with Crippen molar-refractivity contribution in [3.63, 3.8) is 0 Å². The molecule has 5 fully saturated rings. The molecular formula is C35H58O7. The molecule has 0 aromatic rings. The minimum absolute atomic E-state index is 0.0128. The molecule has 6 aliphatic rings. The van der Waals surface area contributed by atoms with E-state index < -0.39 is 30.0 Å². The van der Waals surface area contributed by atoms with Gasteiger partial charge in [-0.1, -0.05) is 60.1 Å². The Morgan fingerprint density at radius 3 is 2.24 bits per heavy atom. The molecule has 240 valence electrons. The van der Waals surface area contributed by atoms with Crippen LogP contribution in [0.2, 0.25) is 0 Å². The highest BCUT2D eigenvalue weighted by Crippen LogP contribution is 2.75. The fourth-order valence-corrected chi connectivity index (χ4v) is 12.0. The summed E-state index contributed by atoms with van der Waals surface area (Å²) in [7, 11) is 0. The van der Waals surface area contributed by atoms with Gasteiger partial charge in [-0.25, -0.2) is 0 Å². The quantitative estimate of drug-likeness (QED) is 0.241. The second kappa shape index (κ2) is 9.98. The average molecular weight is 591 g/mol. The maximum absolute atomic E-state index is 11.4. The van der Waals surface area contributed by atoms with E-state index in [-0.39, 0.29) is 58.4 Å². The highest BCUT2D eigenvalue weighted by molar-refractivity contribution is 5.34. The molecule has 0 amide bonds. The van der Waals surface area contributed by atoms with E-state index in [0.717, 1.165) is 57.8 Å². The van der Waals surface area contributed by atoms with Crippen LogP contribution in [0.3, 0.4) is 0 Å². The molecule has 5 N–H and O–H groups in total. The number of hydrogen-bond donors (Lipinski definition) is 5. The molecule has 5 aliphatic carbocycles. The molecule has 1 saturated heterocycles. The molecule has 7 nitrogen and oxygen atoms in total. The maximum Gasteiger partial charge on any atom is 0.186 e.